The quantitative estimate of drug-likeness (QED) is 0.526. The summed E-state index contributed by atoms with van der Waals surface area (Å²) in [6, 6.07) is 2.17. The lowest BCUT2D eigenvalue weighted by Gasteiger charge is -2.34. The molecule has 1 aromatic rings. The average Bonchev–Trinajstić information content (AvgIpc) is 3.29. The van der Waals surface area contributed by atoms with E-state index in [1.54, 1.807) is 18.4 Å². The minimum Gasteiger partial charge on any atom is -0.466 e. The van der Waals surface area contributed by atoms with Gasteiger partial charge in [0.05, 0.1) is 23.5 Å². The van der Waals surface area contributed by atoms with E-state index in [2.05, 4.69) is 26.8 Å². The van der Waals surface area contributed by atoms with Crippen molar-refractivity contribution in [1.29, 1.82) is 0 Å². The van der Waals surface area contributed by atoms with Gasteiger partial charge in [0.1, 0.15) is 0 Å². The monoisotopic (exact) mass is 415 g/mol. The lowest BCUT2D eigenvalue weighted by molar-refractivity contribution is -0.145. The highest BCUT2D eigenvalue weighted by Crippen LogP contribution is 2.51. The second kappa shape index (κ2) is 9.73. The fraction of sp³-hybridized carbons (Fsp3) is 0.762. The van der Waals surface area contributed by atoms with E-state index >= 15 is 0 Å². The number of nitrogens with two attached hydrogens (primary N) is 1. The summed E-state index contributed by atoms with van der Waals surface area (Å²) in [4.78, 5) is 13.4. The number of ether oxygens (including phenoxy) is 2. The van der Waals surface area contributed by atoms with Crippen LogP contribution in [0.2, 0.25) is 4.34 Å². The van der Waals surface area contributed by atoms with Gasteiger partial charge in [0.15, 0.2) is 0 Å². The van der Waals surface area contributed by atoms with Gasteiger partial charge in [-0.2, -0.15) is 0 Å². The van der Waals surface area contributed by atoms with Gasteiger partial charge in [-0.05, 0) is 63.0 Å². The molecule has 0 spiro atoms. The molecule has 1 aromatic heterocycles. The smallest absolute Gasteiger partial charge is 0.309 e. The van der Waals surface area contributed by atoms with E-state index in [1.807, 2.05) is 6.92 Å². The first-order valence-electron chi connectivity index (χ1n) is 9.91. The summed E-state index contributed by atoms with van der Waals surface area (Å²) in [6.45, 7) is 9.61. The van der Waals surface area contributed by atoms with E-state index in [0.717, 1.165) is 30.0 Å². The van der Waals surface area contributed by atoms with Gasteiger partial charge in [-0.3, -0.25) is 4.79 Å². The van der Waals surface area contributed by atoms with Crippen molar-refractivity contribution >= 4 is 28.9 Å². The molecule has 0 radical (unpaired) electrons. The number of thiophene rings is 1. The molecule has 5 unspecified atom stereocenters. The molecule has 1 fully saturated rings. The molecule has 4 nitrogen and oxygen atoms in total. The topological polar surface area (TPSA) is 61.5 Å². The molecule has 6 heteroatoms. The van der Waals surface area contributed by atoms with Crippen molar-refractivity contribution in [1.82, 2.24) is 0 Å². The predicted molar refractivity (Wildman–Crippen MR) is 113 cm³/mol. The van der Waals surface area contributed by atoms with Crippen LogP contribution in [0.25, 0.3) is 0 Å². The fourth-order valence-electron chi connectivity index (χ4n) is 4.51. The molecular formula is C21H34ClNO3S. The molecule has 0 aliphatic heterocycles. The van der Waals surface area contributed by atoms with Crippen LogP contribution >= 0.6 is 22.9 Å². The summed E-state index contributed by atoms with van der Waals surface area (Å²) in [6.07, 6.45) is 3.68. The Bertz CT molecular complexity index is 633. The number of methoxy groups -OCH3 is 1. The summed E-state index contributed by atoms with van der Waals surface area (Å²) in [5.41, 5.74) is 7.43. The number of hydrogen-bond acceptors (Lipinski definition) is 5. The Morgan fingerprint density at radius 3 is 2.74 bits per heavy atom. The zero-order valence-electron chi connectivity index (χ0n) is 17.2. The molecule has 1 aliphatic rings. The first kappa shape index (κ1) is 22.7. The maximum absolute atomic E-state index is 12.0. The highest BCUT2D eigenvalue weighted by atomic mass is 35.5. The van der Waals surface area contributed by atoms with E-state index in [9.17, 15) is 4.79 Å². The molecule has 1 aliphatic carbocycles. The maximum Gasteiger partial charge on any atom is 0.309 e. The number of halogens is 1. The molecule has 154 valence electrons. The molecular weight excluding hydrogens is 382 g/mol. The van der Waals surface area contributed by atoms with Crippen LogP contribution in [0.1, 0.15) is 57.4 Å². The molecule has 0 saturated heterocycles. The molecule has 1 heterocycles. The fourth-order valence-corrected chi connectivity index (χ4v) is 5.97. The summed E-state index contributed by atoms with van der Waals surface area (Å²) in [5.74, 6) is 0.871. The Hall–Kier alpha value is -0.620. The third-order valence-electron chi connectivity index (χ3n) is 5.61. The van der Waals surface area contributed by atoms with Gasteiger partial charge in [0, 0.05) is 23.4 Å². The van der Waals surface area contributed by atoms with E-state index in [1.165, 1.54) is 10.4 Å². The van der Waals surface area contributed by atoms with Crippen molar-refractivity contribution in [2.24, 2.45) is 23.5 Å². The number of hydrogen-bond donors (Lipinski definition) is 1. The number of carbonyl (C=O) groups excluding carboxylic acids is 1. The van der Waals surface area contributed by atoms with Crippen LogP contribution in [0, 0.1) is 17.8 Å². The molecule has 0 bridgehead atoms. The summed E-state index contributed by atoms with van der Waals surface area (Å²) >= 11 is 8.05. The van der Waals surface area contributed by atoms with E-state index in [4.69, 9.17) is 26.8 Å². The minimum absolute atomic E-state index is 0.0387. The zero-order chi connectivity index (χ0) is 20.2. The lowest BCUT2D eigenvalue weighted by atomic mass is 9.73. The van der Waals surface area contributed by atoms with Gasteiger partial charge in [-0.25, -0.2) is 0 Å². The van der Waals surface area contributed by atoms with Crippen LogP contribution in [0.15, 0.2) is 6.07 Å². The van der Waals surface area contributed by atoms with Crippen molar-refractivity contribution < 1.29 is 14.3 Å². The highest BCUT2D eigenvalue weighted by molar-refractivity contribution is 7.16. The van der Waals surface area contributed by atoms with Crippen molar-refractivity contribution in [3.63, 3.8) is 0 Å². The van der Waals surface area contributed by atoms with Crippen LogP contribution in [0.5, 0.6) is 0 Å². The maximum atomic E-state index is 12.0. The Labute approximate surface area is 172 Å². The van der Waals surface area contributed by atoms with Crippen molar-refractivity contribution in [2.45, 2.75) is 64.8 Å². The molecule has 0 amide bonds. The van der Waals surface area contributed by atoms with Crippen molar-refractivity contribution in [2.75, 3.05) is 20.3 Å². The largest absolute Gasteiger partial charge is 0.466 e. The normalized spacial score (nSPS) is 23.5. The Morgan fingerprint density at radius 1 is 1.44 bits per heavy atom. The summed E-state index contributed by atoms with van der Waals surface area (Å²) in [7, 11) is 1.72. The molecule has 0 aromatic carbocycles. The van der Waals surface area contributed by atoms with Crippen molar-refractivity contribution in [3.8, 4) is 0 Å². The van der Waals surface area contributed by atoms with Gasteiger partial charge in [0.25, 0.3) is 0 Å². The average molecular weight is 416 g/mol. The van der Waals surface area contributed by atoms with Gasteiger partial charge in [-0.1, -0.05) is 25.4 Å². The first-order chi connectivity index (χ1) is 12.7. The highest BCUT2D eigenvalue weighted by Gasteiger charge is 2.49. The Balaban J connectivity index is 2.18. The van der Waals surface area contributed by atoms with Gasteiger partial charge in [0.2, 0.25) is 0 Å². The van der Waals surface area contributed by atoms with Crippen LogP contribution in [-0.4, -0.2) is 32.3 Å². The molecule has 2 rings (SSSR count). The summed E-state index contributed by atoms with van der Waals surface area (Å²) in [5, 5.41) is 0. The second-order valence-electron chi connectivity index (χ2n) is 8.33. The molecule has 5 atom stereocenters. The van der Waals surface area contributed by atoms with E-state index in [0.29, 0.717) is 25.0 Å². The lowest BCUT2D eigenvalue weighted by Crippen LogP contribution is -2.33. The standard InChI is InChI=1S/C21H34ClNO3S/c1-6-26-20(24)17-10-16(17)13(2)11-21(4,12-14(3)23)19-15(7-8-25-5)9-18(22)27-19/h9,13-14,16-17H,6-8,10-12,23H2,1-5H3. The zero-order valence-corrected chi connectivity index (χ0v) is 18.8. The molecule has 1 saturated carbocycles. The minimum atomic E-state index is -0.0593. The Morgan fingerprint density at radius 2 is 2.15 bits per heavy atom. The van der Waals surface area contributed by atoms with Crippen molar-refractivity contribution in [3.05, 3.63) is 20.8 Å². The van der Waals surface area contributed by atoms with Crippen LogP contribution in [0.3, 0.4) is 0 Å². The number of rotatable bonds is 11. The van der Waals surface area contributed by atoms with Crippen LogP contribution < -0.4 is 5.73 Å². The van der Waals surface area contributed by atoms with Crippen LogP contribution in [0.4, 0.5) is 0 Å². The van der Waals surface area contributed by atoms with Gasteiger partial charge < -0.3 is 15.2 Å². The van der Waals surface area contributed by atoms with Gasteiger partial charge >= 0.3 is 5.97 Å². The Kier molecular flexibility index (Phi) is 8.17. The van der Waals surface area contributed by atoms with E-state index < -0.39 is 0 Å². The summed E-state index contributed by atoms with van der Waals surface area (Å²) < 4.78 is 11.3. The first-order valence-corrected chi connectivity index (χ1v) is 11.1. The predicted octanol–water partition coefficient (Wildman–Crippen LogP) is 4.81. The third-order valence-corrected chi connectivity index (χ3v) is 7.22. The van der Waals surface area contributed by atoms with E-state index in [-0.39, 0.29) is 23.3 Å². The molecule has 2 N–H and O–H groups in total. The third kappa shape index (κ3) is 5.93. The van der Waals surface area contributed by atoms with Gasteiger partial charge in [-0.15, -0.1) is 11.3 Å². The number of carbonyl (C=O) groups is 1. The van der Waals surface area contributed by atoms with Crippen LogP contribution in [-0.2, 0) is 26.1 Å². The number of esters is 1. The molecule has 27 heavy (non-hydrogen) atoms. The second-order valence-corrected chi connectivity index (χ2v) is 10.0. The SMILES string of the molecule is CCOC(=O)C1CC1C(C)CC(C)(CC(C)N)c1sc(Cl)cc1CCOC.